The third-order valence-electron chi connectivity index (χ3n) is 3.04. The van der Waals surface area contributed by atoms with Gasteiger partial charge in [-0.1, -0.05) is 6.92 Å². The quantitative estimate of drug-likeness (QED) is 0.520. The fourth-order valence-corrected chi connectivity index (χ4v) is 2.90. The van der Waals surface area contributed by atoms with E-state index in [9.17, 15) is 8.42 Å². The highest BCUT2D eigenvalue weighted by atomic mass is 32.2. The van der Waals surface area contributed by atoms with Gasteiger partial charge in [0.05, 0.1) is 5.69 Å². The number of anilines is 1. The largest absolute Gasteiger partial charge is 0.323 e. The summed E-state index contributed by atoms with van der Waals surface area (Å²) in [5.74, 6) is 6.33. The van der Waals surface area contributed by atoms with Crippen LogP contribution in [0.15, 0.2) is 23.4 Å². The molecule has 94 valence electrons. The van der Waals surface area contributed by atoms with Gasteiger partial charge < -0.3 is 5.43 Å². The van der Waals surface area contributed by atoms with Crippen LogP contribution in [0.1, 0.15) is 13.3 Å². The Labute approximate surface area is 101 Å². The van der Waals surface area contributed by atoms with Gasteiger partial charge in [-0.05, 0) is 24.3 Å². The highest BCUT2D eigenvalue weighted by Crippen LogP contribution is 2.37. The molecule has 0 saturated heterocycles. The molecule has 2 rings (SSSR count). The predicted octanol–water partition coefficient (Wildman–Crippen LogP) is 0.302. The van der Waals surface area contributed by atoms with E-state index in [2.05, 4.69) is 22.1 Å². The number of pyridine rings is 1. The van der Waals surface area contributed by atoms with E-state index in [1.807, 2.05) is 0 Å². The molecule has 0 bridgehead atoms. The van der Waals surface area contributed by atoms with Crippen LogP contribution >= 0.6 is 0 Å². The van der Waals surface area contributed by atoms with E-state index in [1.165, 1.54) is 18.5 Å². The van der Waals surface area contributed by atoms with Gasteiger partial charge in [-0.3, -0.25) is 10.8 Å². The molecule has 6 nitrogen and oxygen atoms in total. The Morgan fingerprint density at radius 1 is 1.59 bits per heavy atom. The van der Waals surface area contributed by atoms with Crippen molar-refractivity contribution in [3.8, 4) is 0 Å². The lowest BCUT2D eigenvalue weighted by Gasteiger charge is -2.09. The van der Waals surface area contributed by atoms with Gasteiger partial charge in [0.1, 0.15) is 4.90 Å². The molecule has 1 heterocycles. The summed E-state index contributed by atoms with van der Waals surface area (Å²) >= 11 is 0. The maximum atomic E-state index is 12.0. The molecular formula is C10H16N4O2S. The summed E-state index contributed by atoms with van der Waals surface area (Å²) in [6.45, 7) is 2.58. The third kappa shape index (κ3) is 2.74. The van der Waals surface area contributed by atoms with E-state index in [0.717, 1.165) is 6.42 Å². The first-order valence-electron chi connectivity index (χ1n) is 5.45. The first-order chi connectivity index (χ1) is 8.04. The fraction of sp³-hybridized carbons (Fsp3) is 0.500. The van der Waals surface area contributed by atoms with Crippen molar-refractivity contribution in [2.24, 2.45) is 17.7 Å². The lowest BCUT2D eigenvalue weighted by atomic mass is 10.3. The second-order valence-electron chi connectivity index (χ2n) is 4.34. The number of nitrogen functional groups attached to an aromatic ring is 1. The van der Waals surface area contributed by atoms with Crippen LogP contribution in [0.25, 0.3) is 0 Å². The molecule has 0 aromatic carbocycles. The lowest BCUT2D eigenvalue weighted by molar-refractivity contribution is 0.574. The Bertz CT molecular complexity index is 503. The number of sulfonamides is 1. The number of nitrogens with zero attached hydrogens (tertiary/aromatic N) is 1. The van der Waals surface area contributed by atoms with E-state index >= 15 is 0 Å². The van der Waals surface area contributed by atoms with Gasteiger partial charge in [-0.2, -0.15) is 0 Å². The average molecular weight is 256 g/mol. The van der Waals surface area contributed by atoms with Crippen LogP contribution in [0, 0.1) is 11.8 Å². The second-order valence-corrected chi connectivity index (χ2v) is 6.08. The van der Waals surface area contributed by atoms with Gasteiger partial charge in [0.2, 0.25) is 10.0 Å². The van der Waals surface area contributed by atoms with Crippen molar-refractivity contribution >= 4 is 15.7 Å². The first kappa shape index (κ1) is 12.3. The zero-order valence-electron chi connectivity index (χ0n) is 9.55. The molecule has 1 aromatic heterocycles. The van der Waals surface area contributed by atoms with Crippen LogP contribution in [-0.4, -0.2) is 19.9 Å². The SMILES string of the molecule is CC1CC1CNS(=O)(=O)c1cnccc1NN. The van der Waals surface area contributed by atoms with Crippen molar-refractivity contribution < 1.29 is 8.42 Å². The molecule has 0 radical (unpaired) electrons. The summed E-state index contributed by atoms with van der Waals surface area (Å²) in [5, 5.41) is 0. The summed E-state index contributed by atoms with van der Waals surface area (Å²) < 4.78 is 26.6. The number of hydrogen-bond donors (Lipinski definition) is 3. The minimum Gasteiger partial charge on any atom is -0.323 e. The van der Waals surface area contributed by atoms with Crippen LogP contribution in [0.3, 0.4) is 0 Å². The summed E-state index contributed by atoms with van der Waals surface area (Å²) in [7, 11) is -3.54. The molecule has 4 N–H and O–H groups in total. The molecule has 1 aliphatic rings. The summed E-state index contributed by atoms with van der Waals surface area (Å²) in [5.41, 5.74) is 2.70. The molecule has 1 fully saturated rings. The normalized spacial score (nSPS) is 23.4. The zero-order chi connectivity index (χ0) is 12.5. The average Bonchev–Trinajstić information content (AvgIpc) is 3.03. The molecule has 17 heavy (non-hydrogen) atoms. The van der Waals surface area contributed by atoms with Crippen LogP contribution in [0.4, 0.5) is 5.69 Å². The van der Waals surface area contributed by atoms with Gasteiger partial charge in [0, 0.05) is 18.9 Å². The highest BCUT2D eigenvalue weighted by molar-refractivity contribution is 7.89. The maximum absolute atomic E-state index is 12.0. The van der Waals surface area contributed by atoms with Gasteiger partial charge in [-0.15, -0.1) is 0 Å². The number of rotatable bonds is 5. The number of hydrogen-bond acceptors (Lipinski definition) is 5. The Hall–Kier alpha value is -1.18. The van der Waals surface area contributed by atoms with Gasteiger partial charge >= 0.3 is 0 Å². The first-order valence-corrected chi connectivity index (χ1v) is 6.93. The minimum absolute atomic E-state index is 0.0794. The Morgan fingerprint density at radius 2 is 2.29 bits per heavy atom. The molecule has 1 saturated carbocycles. The maximum Gasteiger partial charge on any atom is 0.244 e. The van der Waals surface area contributed by atoms with Crippen LogP contribution in [0.5, 0.6) is 0 Å². The van der Waals surface area contributed by atoms with Gasteiger partial charge in [-0.25, -0.2) is 13.1 Å². The molecule has 0 spiro atoms. The standard InChI is InChI=1S/C10H16N4O2S/c1-7-4-8(7)5-13-17(15,16)10-6-12-3-2-9(10)14-11/h2-3,6-8,13H,4-5,11H2,1H3,(H,12,14). The molecule has 1 aromatic rings. The third-order valence-corrected chi connectivity index (χ3v) is 4.49. The summed E-state index contributed by atoms with van der Waals surface area (Å²) in [4.78, 5) is 3.88. The van der Waals surface area contributed by atoms with E-state index < -0.39 is 10.0 Å². The van der Waals surface area contributed by atoms with Crippen molar-refractivity contribution in [2.75, 3.05) is 12.0 Å². The summed E-state index contributed by atoms with van der Waals surface area (Å²) in [6, 6.07) is 1.52. The van der Waals surface area contributed by atoms with Crippen molar-refractivity contribution in [3.05, 3.63) is 18.5 Å². The second kappa shape index (κ2) is 4.59. The number of hydrazine groups is 1. The van der Waals surface area contributed by atoms with Crippen molar-refractivity contribution in [2.45, 2.75) is 18.2 Å². The smallest absolute Gasteiger partial charge is 0.244 e. The summed E-state index contributed by atoms with van der Waals surface area (Å²) in [6.07, 6.45) is 3.85. The van der Waals surface area contributed by atoms with E-state index in [0.29, 0.717) is 24.1 Å². The zero-order valence-corrected chi connectivity index (χ0v) is 10.4. The number of nitrogens with two attached hydrogens (primary N) is 1. The van der Waals surface area contributed by atoms with Crippen molar-refractivity contribution in [1.82, 2.24) is 9.71 Å². The topological polar surface area (TPSA) is 97.1 Å². The monoisotopic (exact) mass is 256 g/mol. The van der Waals surface area contributed by atoms with Crippen LogP contribution in [0.2, 0.25) is 0 Å². The molecule has 0 aliphatic heterocycles. The Balaban J connectivity index is 2.13. The Kier molecular flexibility index (Phi) is 3.32. The molecule has 7 heteroatoms. The molecule has 0 amide bonds. The molecule has 2 unspecified atom stereocenters. The fourth-order valence-electron chi connectivity index (χ4n) is 1.69. The molecular weight excluding hydrogens is 240 g/mol. The Morgan fingerprint density at radius 3 is 2.88 bits per heavy atom. The number of aromatic nitrogens is 1. The molecule has 2 atom stereocenters. The lowest BCUT2D eigenvalue weighted by Crippen LogP contribution is -2.27. The van der Waals surface area contributed by atoms with Crippen LogP contribution in [-0.2, 0) is 10.0 Å². The van der Waals surface area contributed by atoms with E-state index in [-0.39, 0.29) is 4.90 Å². The van der Waals surface area contributed by atoms with Gasteiger partial charge in [0.25, 0.3) is 0 Å². The highest BCUT2D eigenvalue weighted by Gasteiger charge is 2.33. The minimum atomic E-state index is -3.54. The van der Waals surface area contributed by atoms with E-state index in [4.69, 9.17) is 5.84 Å². The number of nitrogens with one attached hydrogen (secondary N) is 2. The van der Waals surface area contributed by atoms with Crippen molar-refractivity contribution in [3.63, 3.8) is 0 Å². The van der Waals surface area contributed by atoms with Crippen molar-refractivity contribution in [1.29, 1.82) is 0 Å². The molecule has 1 aliphatic carbocycles. The van der Waals surface area contributed by atoms with E-state index in [1.54, 1.807) is 0 Å². The predicted molar refractivity (Wildman–Crippen MR) is 64.5 cm³/mol. The van der Waals surface area contributed by atoms with Crippen LogP contribution < -0.4 is 16.0 Å². The van der Waals surface area contributed by atoms with Gasteiger partial charge in [0.15, 0.2) is 0 Å².